The van der Waals surface area contributed by atoms with Crippen LogP contribution in [-0.4, -0.2) is 47.5 Å². The van der Waals surface area contributed by atoms with Crippen LogP contribution in [0.5, 0.6) is 0 Å². The zero-order chi connectivity index (χ0) is 12.6. The van der Waals surface area contributed by atoms with Crippen LogP contribution in [0.25, 0.3) is 0 Å². The molecule has 0 radical (unpaired) electrons. The lowest BCUT2D eigenvalue weighted by Crippen LogP contribution is -2.34. The Morgan fingerprint density at radius 1 is 1.44 bits per heavy atom. The Morgan fingerprint density at radius 3 is 2.83 bits per heavy atom. The van der Waals surface area contributed by atoms with Crippen molar-refractivity contribution in [2.45, 2.75) is 25.7 Å². The van der Waals surface area contributed by atoms with Gasteiger partial charge in [0.25, 0.3) is 0 Å². The molecule has 2 N–H and O–H groups in total. The van der Waals surface area contributed by atoms with Crippen molar-refractivity contribution in [2.24, 2.45) is 5.92 Å². The predicted molar refractivity (Wildman–Crippen MR) is 75.7 cm³/mol. The molecule has 1 saturated heterocycles. The molecule has 110 valence electrons. The molecule has 1 rings (SSSR count). The largest absolute Gasteiger partial charge is 0.385 e. The number of rotatable bonds is 8. The summed E-state index contributed by atoms with van der Waals surface area (Å²) in [5, 5.41) is 3.33. The van der Waals surface area contributed by atoms with Gasteiger partial charge in [0.2, 0.25) is 10.0 Å². The second-order valence-electron chi connectivity index (χ2n) is 4.56. The Labute approximate surface area is 117 Å². The van der Waals surface area contributed by atoms with E-state index in [9.17, 15) is 8.42 Å². The summed E-state index contributed by atoms with van der Waals surface area (Å²) in [5.41, 5.74) is 0. The normalized spacial score (nSPS) is 20.4. The van der Waals surface area contributed by atoms with Crippen molar-refractivity contribution < 1.29 is 13.2 Å². The van der Waals surface area contributed by atoms with Crippen molar-refractivity contribution in [3.63, 3.8) is 0 Å². The highest BCUT2D eigenvalue weighted by Gasteiger charge is 2.14. The van der Waals surface area contributed by atoms with E-state index in [1.54, 1.807) is 7.11 Å². The van der Waals surface area contributed by atoms with Crippen LogP contribution in [0, 0.1) is 5.92 Å². The molecule has 0 amide bonds. The minimum absolute atomic E-state index is 0. The van der Waals surface area contributed by atoms with Crippen LogP contribution in [0.2, 0.25) is 0 Å². The van der Waals surface area contributed by atoms with Crippen molar-refractivity contribution in [3.05, 3.63) is 0 Å². The molecule has 0 saturated carbocycles. The molecule has 0 aromatic carbocycles. The Balaban J connectivity index is 0.00000289. The van der Waals surface area contributed by atoms with Gasteiger partial charge in [0.05, 0.1) is 5.75 Å². The Bertz CT molecular complexity index is 293. The van der Waals surface area contributed by atoms with E-state index >= 15 is 0 Å². The minimum Gasteiger partial charge on any atom is -0.385 e. The lowest BCUT2D eigenvalue weighted by Gasteiger charge is -2.22. The third kappa shape index (κ3) is 8.26. The summed E-state index contributed by atoms with van der Waals surface area (Å²) in [6.45, 7) is 3.17. The van der Waals surface area contributed by atoms with Gasteiger partial charge in [-0.3, -0.25) is 0 Å². The van der Waals surface area contributed by atoms with Crippen molar-refractivity contribution in [1.82, 2.24) is 10.0 Å². The smallest absolute Gasteiger partial charge is 0.211 e. The summed E-state index contributed by atoms with van der Waals surface area (Å²) >= 11 is 0. The average molecular weight is 301 g/mol. The maximum absolute atomic E-state index is 11.6. The Kier molecular flexibility index (Phi) is 10.0. The molecular weight excluding hydrogens is 276 g/mol. The molecule has 1 atom stereocenters. The number of hydrogen-bond acceptors (Lipinski definition) is 4. The predicted octanol–water partition coefficient (Wildman–Crippen LogP) is 0.754. The number of piperidine rings is 1. The maximum atomic E-state index is 11.6. The molecule has 1 fully saturated rings. The molecule has 0 bridgehead atoms. The fourth-order valence-corrected chi connectivity index (χ4v) is 3.13. The van der Waals surface area contributed by atoms with Gasteiger partial charge >= 0.3 is 0 Å². The summed E-state index contributed by atoms with van der Waals surface area (Å²) in [4.78, 5) is 0. The Hall–Kier alpha value is 0.120. The van der Waals surface area contributed by atoms with Gasteiger partial charge in [0, 0.05) is 20.3 Å². The molecule has 1 aliphatic heterocycles. The van der Waals surface area contributed by atoms with Crippen LogP contribution in [0.15, 0.2) is 0 Å². The van der Waals surface area contributed by atoms with Crippen LogP contribution < -0.4 is 10.0 Å². The zero-order valence-electron chi connectivity index (χ0n) is 11.0. The van der Waals surface area contributed by atoms with Crippen LogP contribution in [-0.2, 0) is 14.8 Å². The number of halogens is 1. The topological polar surface area (TPSA) is 67.4 Å². The van der Waals surface area contributed by atoms with Crippen LogP contribution in [0.1, 0.15) is 25.7 Å². The maximum Gasteiger partial charge on any atom is 0.211 e. The highest BCUT2D eigenvalue weighted by Crippen LogP contribution is 2.13. The van der Waals surface area contributed by atoms with Gasteiger partial charge in [-0.05, 0) is 44.7 Å². The van der Waals surface area contributed by atoms with E-state index in [0.29, 0.717) is 25.5 Å². The number of nitrogens with one attached hydrogen (secondary N) is 2. The van der Waals surface area contributed by atoms with E-state index in [4.69, 9.17) is 4.74 Å². The molecule has 0 aromatic heterocycles. The second kappa shape index (κ2) is 9.97. The first-order valence-electron chi connectivity index (χ1n) is 6.31. The van der Waals surface area contributed by atoms with Gasteiger partial charge in [0.15, 0.2) is 0 Å². The molecule has 0 aromatic rings. The number of sulfonamides is 1. The molecule has 1 heterocycles. The van der Waals surface area contributed by atoms with Gasteiger partial charge in [-0.15, -0.1) is 12.4 Å². The molecule has 1 unspecified atom stereocenters. The molecule has 0 spiro atoms. The van der Waals surface area contributed by atoms with Gasteiger partial charge in [0.1, 0.15) is 0 Å². The van der Waals surface area contributed by atoms with Crippen LogP contribution >= 0.6 is 12.4 Å². The third-order valence-electron chi connectivity index (χ3n) is 3.04. The summed E-state index contributed by atoms with van der Waals surface area (Å²) in [6.07, 6.45) is 3.89. The van der Waals surface area contributed by atoms with Crippen molar-refractivity contribution in [3.8, 4) is 0 Å². The fourth-order valence-electron chi connectivity index (χ4n) is 2.05. The van der Waals surface area contributed by atoms with E-state index in [-0.39, 0.29) is 18.2 Å². The monoisotopic (exact) mass is 300 g/mol. The first-order valence-corrected chi connectivity index (χ1v) is 7.96. The van der Waals surface area contributed by atoms with Gasteiger partial charge in [-0.1, -0.05) is 0 Å². The summed E-state index contributed by atoms with van der Waals surface area (Å²) in [7, 11) is -1.53. The third-order valence-corrected chi connectivity index (χ3v) is 4.51. The molecule has 5 nitrogen and oxygen atoms in total. The quantitative estimate of drug-likeness (QED) is 0.649. The van der Waals surface area contributed by atoms with Gasteiger partial charge < -0.3 is 10.1 Å². The Morgan fingerprint density at radius 2 is 2.22 bits per heavy atom. The van der Waals surface area contributed by atoms with Crippen molar-refractivity contribution >= 4 is 22.4 Å². The van der Waals surface area contributed by atoms with E-state index < -0.39 is 10.0 Å². The fraction of sp³-hybridized carbons (Fsp3) is 1.00. The van der Waals surface area contributed by atoms with E-state index in [0.717, 1.165) is 19.5 Å². The first-order chi connectivity index (χ1) is 8.14. The summed E-state index contributed by atoms with van der Waals surface area (Å²) in [6, 6.07) is 0. The standard InChI is InChI=1S/C11H24N2O3S.ClH/c1-16-8-3-9-17(14,15)13-7-5-11-4-2-6-12-10-11;/h11-13H,2-10H2,1H3;1H. The molecule has 0 aliphatic carbocycles. The van der Waals surface area contributed by atoms with E-state index in [2.05, 4.69) is 10.0 Å². The summed E-state index contributed by atoms with van der Waals surface area (Å²) in [5.74, 6) is 0.773. The van der Waals surface area contributed by atoms with Gasteiger partial charge in [-0.25, -0.2) is 13.1 Å². The zero-order valence-corrected chi connectivity index (χ0v) is 12.6. The highest BCUT2D eigenvalue weighted by atomic mass is 35.5. The molecule has 7 heteroatoms. The van der Waals surface area contributed by atoms with Crippen LogP contribution in [0.4, 0.5) is 0 Å². The lowest BCUT2D eigenvalue weighted by atomic mass is 9.96. The van der Waals surface area contributed by atoms with Gasteiger partial charge in [-0.2, -0.15) is 0 Å². The molecular formula is C11H25ClN2O3S. The molecule has 18 heavy (non-hydrogen) atoms. The lowest BCUT2D eigenvalue weighted by molar-refractivity contribution is 0.199. The van der Waals surface area contributed by atoms with E-state index in [1.807, 2.05) is 0 Å². The van der Waals surface area contributed by atoms with Crippen LogP contribution in [0.3, 0.4) is 0 Å². The summed E-state index contributed by atoms with van der Waals surface area (Å²) < 4.78 is 30.6. The average Bonchev–Trinajstić information content (AvgIpc) is 2.30. The second-order valence-corrected chi connectivity index (χ2v) is 6.49. The van der Waals surface area contributed by atoms with Crippen molar-refractivity contribution in [1.29, 1.82) is 0 Å². The minimum atomic E-state index is -3.11. The number of ether oxygens (including phenoxy) is 1. The van der Waals surface area contributed by atoms with Crippen molar-refractivity contribution in [2.75, 3.05) is 39.1 Å². The first kappa shape index (κ1) is 18.1. The SMILES string of the molecule is COCCCS(=O)(=O)NCCC1CCCNC1.Cl. The highest BCUT2D eigenvalue weighted by molar-refractivity contribution is 7.89. The number of methoxy groups -OCH3 is 1. The van der Waals surface area contributed by atoms with E-state index in [1.165, 1.54) is 12.8 Å². The number of hydrogen-bond donors (Lipinski definition) is 2. The molecule has 1 aliphatic rings.